The molecule has 7 nitrogen and oxygen atoms in total. The first kappa shape index (κ1) is 21.0. The number of hydrogen-bond donors (Lipinski definition) is 2. The van der Waals surface area contributed by atoms with Crippen LogP contribution in [0.15, 0.2) is 48.7 Å². The molecule has 30 heavy (non-hydrogen) atoms. The van der Waals surface area contributed by atoms with Gasteiger partial charge in [-0.3, -0.25) is 9.78 Å². The first-order valence-corrected chi connectivity index (χ1v) is 9.06. The van der Waals surface area contributed by atoms with Crippen LogP contribution in [0.5, 0.6) is 5.75 Å². The number of alkyl halides is 2. The van der Waals surface area contributed by atoms with Crippen molar-refractivity contribution in [2.24, 2.45) is 0 Å². The molecule has 0 unspecified atom stereocenters. The first-order valence-electron chi connectivity index (χ1n) is 9.06. The topological polar surface area (TPSA) is 89.5 Å². The molecule has 1 heterocycles. The Morgan fingerprint density at radius 1 is 1.13 bits per heavy atom. The van der Waals surface area contributed by atoms with Crippen LogP contribution in [0.2, 0.25) is 0 Å². The van der Waals surface area contributed by atoms with Crippen LogP contribution in [-0.2, 0) is 4.74 Å². The Kier molecular flexibility index (Phi) is 6.41. The summed E-state index contributed by atoms with van der Waals surface area (Å²) >= 11 is 0. The molecule has 156 valence electrons. The third kappa shape index (κ3) is 4.62. The summed E-state index contributed by atoms with van der Waals surface area (Å²) in [6.07, 6.45) is 1.39. The van der Waals surface area contributed by atoms with Gasteiger partial charge in [-0.25, -0.2) is 4.79 Å². The van der Waals surface area contributed by atoms with Crippen molar-refractivity contribution in [3.8, 4) is 5.75 Å². The summed E-state index contributed by atoms with van der Waals surface area (Å²) in [5, 5.41) is 6.17. The van der Waals surface area contributed by atoms with Crippen LogP contribution in [0.4, 0.5) is 20.2 Å². The molecular formula is C21H19F2N3O4. The van der Waals surface area contributed by atoms with Crippen molar-refractivity contribution in [1.82, 2.24) is 10.3 Å². The number of ether oxygens (including phenoxy) is 2. The Labute approximate surface area is 171 Å². The van der Waals surface area contributed by atoms with Crippen molar-refractivity contribution in [3.63, 3.8) is 0 Å². The monoisotopic (exact) mass is 415 g/mol. The number of nitrogens with zero attached hydrogens (tertiary/aromatic N) is 1. The van der Waals surface area contributed by atoms with Gasteiger partial charge in [0.2, 0.25) is 0 Å². The van der Waals surface area contributed by atoms with E-state index in [-0.39, 0.29) is 23.8 Å². The number of pyridine rings is 1. The SMILES string of the molecule is CCOC(=O)c1cnc2ccc(C(=O)NC)cc2c1Nc1ccc(OC(F)F)cc1. The molecule has 0 spiro atoms. The fourth-order valence-corrected chi connectivity index (χ4v) is 2.84. The van der Waals surface area contributed by atoms with E-state index in [9.17, 15) is 18.4 Å². The van der Waals surface area contributed by atoms with E-state index in [1.54, 1.807) is 25.1 Å². The zero-order valence-electron chi connectivity index (χ0n) is 16.2. The molecule has 0 fully saturated rings. The highest BCUT2D eigenvalue weighted by Gasteiger charge is 2.18. The van der Waals surface area contributed by atoms with E-state index in [0.29, 0.717) is 27.8 Å². The van der Waals surface area contributed by atoms with Crippen LogP contribution >= 0.6 is 0 Å². The predicted octanol–water partition coefficient (Wildman–Crippen LogP) is 4.12. The van der Waals surface area contributed by atoms with Gasteiger partial charge < -0.3 is 20.1 Å². The second-order valence-electron chi connectivity index (χ2n) is 6.11. The van der Waals surface area contributed by atoms with Gasteiger partial charge >= 0.3 is 12.6 Å². The fraction of sp³-hybridized carbons (Fsp3) is 0.190. The van der Waals surface area contributed by atoms with Crippen molar-refractivity contribution in [2.45, 2.75) is 13.5 Å². The smallest absolute Gasteiger partial charge is 0.387 e. The maximum Gasteiger partial charge on any atom is 0.387 e. The summed E-state index contributed by atoms with van der Waals surface area (Å²) in [4.78, 5) is 28.8. The lowest BCUT2D eigenvalue weighted by Gasteiger charge is -2.15. The molecular weight excluding hydrogens is 396 g/mol. The van der Waals surface area contributed by atoms with E-state index in [2.05, 4.69) is 20.4 Å². The Morgan fingerprint density at radius 2 is 1.87 bits per heavy atom. The molecule has 2 aromatic carbocycles. The number of carbonyl (C=O) groups is 2. The van der Waals surface area contributed by atoms with Gasteiger partial charge in [0, 0.05) is 29.9 Å². The number of rotatable bonds is 7. The summed E-state index contributed by atoms with van der Waals surface area (Å²) in [5.74, 6) is -0.877. The van der Waals surface area contributed by atoms with Crippen molar-refractivity contribution in [3.05, 3.63) is 59.8 Å². The van der Waals surface area contributed by atoms with Crippen LogP contribution < -0.4 is 15.4 Å². The fourth-order valence-electron chi connectivity index (χ4n) is 2.84. The number of carbonyl (C=O) groups excluding carboxylic acids is 2. The maximum absolute atomic E-state index is 12.5. The highest BCUT2D eigenvalue weighted by atomic mass is 19.3. The van der Waals surface area contributed by atoms with Crippen LogP contribution in [0, 0.1) is 0 Å². The number of benzene rings is 2. The highest BCUT2D eigenvalue weighted by Crippen LogP contribution is 2.31. The molecule has 0 radical (unpaired) electrons. The third-order valence-electron chi connectivity index (χ3n) is 4.20. The minimum absolute atomic E-state index is 0.00246. The van der Waals surface area contributed by atoms with Gasteiger partial charge in [0.25, 0.3) is 5.91 Å². The Hall–Kier alpha value is -3.75. The summed E-state index contributed by atoms with van der Waals surface area (Å²) < 4.78 is 34.2. The molecule has 0 aliphatic carbocycles. The van der Waals surface area contributed by atoms with Gasteiger partial charge in [-0.2, -0.15) is 8.78 Å². The standard InChI is InChI=1S/C21H19F2N3O4/c1-3-29-20(28)16-11-25-17-9-4-12(19(27)24-2)10-15(17)18(16)26-13-5-7-14(8-6-13)30-21(22)23/h4-11,21H,3H2,1-2H3,(H,24,27)(H,25,26). The Morgan fingerprint density at radius 3 is 2.50 bits per heavy atom. The summed E-state index contributed by atoms with van der Waals surface area (Å²) in [7, 11) is 1.52. The van der Waals surface area contributed by atoms with Crippen LogP contribution in [0.25, 0.3) is 10.9 Å². The van der Waals surface area contributed by atoms with Gasteiger partial charge in [0.15, 0.2) is 0 Å². The van der Waals surface area contributed by atoms with Gasteiger partial charge in [-0.15, -0.1) is 0 Å². The lowest BCUT2D eigenvalue weighted by molar-refractivity contribution is -0.0498. The van der Waals surface area contributed by atoms with Gasteiger partial charge in [-0.05, 0) is 49.4 Å². The molecule has 3 rings (SSSR count). The largest absolute Gasteiger partial charge is 0.462 e. The van der Waals surface area contributed by atoms with Crippen LogP contribution in [0.1, 0.15) is 27.6 Å². The Bertz CT molecular complexity index is 1070. The summed E-state index contributed by atoms with van der Waals surface area (Å²) in [5.41, 5.74) is 2.01. The number of hydrogen-bond acceptors (Lipinski definition) is 6. The van der Waals surface area contributed by atoms with Gasteiger partial charge in [0.1, 0.15) is 11.3 Å². The zero-order valence-corrected chi connectivity index (χ0v) is 16.2. The van der Waals surface area contributed by atoms with Gasteiger partial charge in [0.05, 0.1) is 17.8 Å². The van der Waals surface area contributed by atoms with Crippen molar-refractivity contribution in [1.29, 1.82) is 0 Å². The lowest BCUT2D eigenvalue weighted by Crippen LogP contribution is -2.17. The molecule has 0 saturated carbocycles. The average Bonchev–Trinajstić information content (AvgIpc) is 2.74. The second kappa shape index (κ2) is 9.17. The zero-order chi connectivity index (χ0) is 21.7. The van der Waals surface area contributed by atoms with Crippen LogP contribution in [-0.4, -0.2) is 37.1 Å². The molecule has 0 atom stereocenters. The molecule has 0 saturated heterocycles. The van der Waals surface area contributed by atoms with E-state index in [1.807, 2.05) is 0 Å². The average molecular weight is 415 g/mol. The number of aromatic nitrogens is 1. The minimum atomic E-state index is -2.92. The third-order valence-corrected chi connectivity index (χ3v) is 4.20. The van der Waals surface area contributed by atoms with Crippen molar-refractivity contribution < 1.29 is 27.8 Å². The second-order valence-corrected chi connectivity index (χ2v) is 6.11. The lowest BCUT2D eigenvalue weighted by atomic mass is 10.1. The number of fused-ring (bicyclic) bond motifs is 1. The van der Waals surface area contributed by atoms with Gasteiger partial charge in [-0.1, -0.05) is 0 Å². The van der Waals surface area contributed by atoms with Crippen molar-refractivity contribution in [2.75, 3.05) is 19.0 Å². The molecule has 0 aliphatic rings. The number of nitrogens with one attached hydrogen (secondary N) is 2. The molecule has 0 aliphatic heterocycles. The Balaban J connectivity index is 2.09. The molecule has 1 amide bonds. The molecule has 0 bridgehead atoms. The van der Waals surface area contributed by atoms with E-state index in [1.165, 1.54) is 37.5 Å². The first-order chi connectivity index (χ1) is 14.4. The summed E-state index contributed by atoms with van der Waals surface area (Å²) in [6.45, 7) is -1.06. The summed E-state index contributed by atoms with van der Waals surface area (Å²) in [6, 6.07) is 10.7. The van der Waals surface area contributed by atoms with E-state index >= 15 is 0 Å². The van der Waals surface area contributed by atoms with E-state index in [0.717, 1.165) is 0 Å². The minimum Gasteiger partial charge on any atom is -0.462 e. The quantitative estimate of drug-likeness (QED) is 0.565. The molecule has 1 aromatic heterocycles. The van der Waals surface area contributed by atoms with E-state index < -0.39 is 12.6 Å². The number of amides is 1. The normalized spacial score (nSPS) is 10.7. The maximum atomic E-state index is 12.5. The molecule has 9 heteroatoms. The molecule has 2 N–H and O–H groups in total. The molecule has 3 aromatic rings. The predicted molar refractivity (Wildman–Crippen MR) is 107 cm³/mol. The number of esters is 1. The highest BCUT2D eigenvalue weighted by molar-refractivity contribution is 6.08. The van der Waals surface area contributed by atoms with E-state index in [4.69, 9.17) is 4.74 Å². The number of anilines is 2. The van der Waals surface area contributed by atoms with Crippen LogP contribution in [0.3, 0.4) is 0 Å². The van der Waals surface area contributed by atoms with Crippen molar-refractivity contribution >= 4 is 34.2 Å². The number of halogens is 2.